The van der Waals surface area contributed by atoms with Crippen molar-refractivity contribution in [1.29, 1.82) is 0 Å². The van der Waals surface area contributed by atoms with Crippen molar-refractivity contribution in [1.82, 2.24) is 0 Å². The smallest absolute Gasteiger partial charge is 0.352 e. The van der Waals surface area contributed by atoms with Crippen molar-refractivity contribution < 1.29 is 24.2 Å². The third-order valence-corrected chi connectivity index (χ3v) is 3.89. The van der Waals surface area contributed by atoms with Crippen LogP contribution in [-0.2, 0) is 16.0 Å². The molecule has 130 valence electrons. The minimum atomic E-state index is -1.14. The Morgan fingerprint density at radius 3 is 2.54 bits per heavy atom. The molecule has 1 aliphatic heterocycles. The summed E-state index contributed by atoms with van der Waals surface area (Å²) in [6.07, 6.45) is 1.27. The van der Waals surface area contributed by atoms with Gasteiger partial charge in [-0.05, 0) is 37.0 Å². The van der Waals surface area contributed by atoms with E-state index >= 15 is 0 Å². The molecule has 0 saturated carbocycles. The number of hydrogen-bond donors (Lipinski definition) is 3. The molecule has 0 saturated heterocycles. The van der Waals surface area contributed by atoms with Crippen molar-refractivity contribution in [3.63, 3.8) is 0 Å². The van der Waals surface area contributed by atoms with E-state index in [1.807, 2.05) is 12.1 Å². The molecule has 0 unspecified atom stereocenters. The molecule has 24 heavy (non-hydrogen) atoms. The van der Waals surface area contributed by atoms with Crippen LogP contribution in [0.15, 0.2) is 29.4 Å². The molecule has 1 heterocycles. The van der Waals surface area contributed by atoms with Gasteiger partial charge in [-0.2, -0.15) is 5.10 Å². The number of aliphatic carboxylic acids is 2. The number of carboxylic acids is 2. The zero-order valence-corrected chi connectivity index (χ0v) is 13.1. The first-order valence-corrected chi connectivity index (χ1v) is 7.65. The number of carboxylic acid groups (broad SMARTS) is 2. The van der Waals surface area contributed by atoms with Crippen molar-refractivity contribution in [2.45, 2.75) is 37.8 Å². The molecule has 0 fully saturated rings. The lowest BCUT2D eigenvalue weighted by atomic mass is 10.0. The van der Waals surface area contributed by atoms with Gasteiger partial charge in [0.05, 0.1) is 18.4 Å². The van der Waals surface area contributed by atoms with E-state index in [9.17, 15) is 14.0 Å². The molecule has 0 amide bonds. The summed E-state index contributed by atoms with van der Waals surface area (Å²) in [5.74, 6) is -2.27. The van der Waals surface area contributed by atoms with Gasteiger partial charge in [-0.3, -0.25) is 14.2 Å². The van der Waals surface area contributed by atoms with Crippen LogP contribution in [0.2, 0.25) is 0 Å². The Hall–Kier alpha value is -2.48. The average molecular weight is 337 g/mol. The largest absolute Gasteiger partial charge is 0.480 e. The molecular formula is C16H20FN3O4. The van der Waals surface area contributed by atoms with E-state index in [4.69, 9.17) is 15.9 Å². The fourth-order valence-corrected chi connectivity index (χ4v) is 2.62. The predicted molar refractivity (Wildman–Crippen MR) is 86.9 cm³/mol. The van der Waals surface area contributed by atoms with Gasteiger partial charge >= 0.3 is 11.9 Å². The Labute approximate surface area is 138 Å². The standard InChI is InChI=1S/C16H20FN3O4/c17-7-1-2-10-3-5-11(6-4-10)20-12(8-13(18)15(21)22)9-14(19-20)16(23)24/h3-6,12-13H,1-2,7-9,18H2,(H,21,22)(H,23,24)/t12-,13+/m0/s1. The maximum Gasteiger partial charge on any atom is 0.352 e. The zero-order valence-electron chi connectivity index (χ0n) is 13.1. The first-order valence-electron chi connectivity index (χ1n) is 7.65. The van der Waals surface area contributed by atoms with Gasteiger partial charge in [0.15, 0.2) is 0 Å². The van der Waals surface area contributed by atoms with Crippen LogP contribution in [0.4, 0.5) is 10.1 Å². The van der Waals surface area contributed by atoms with Crippen LogP contribution >= 0.6 is 0 Å². The van der Waals surface area contributed by atoms with Gasteiger partial charge in [-0.15, -0.1) is 0 Å². The summed E-state index contributed by atoms with van der Waals surface area (Å²) in [7, 11) is 0. The maximum atomic E-state index is 12.2. The monoisotopic (exact) mass is 337 g/mol. The van der Waals surface area contributed by atoms with Crippen LogP contribution < -0.4 is 10.7 Å². The number of carbonyl (C=O) groups is 2. The number of aryl methyl sites for hydroxylation is 1. The fraction of sp³-hybridized carbons (Fsp3) is 0.438. The molecule has 1 aromatic rings. The fourth-order valence-electron chi connectivity index (χ4n) is 2.62. The van der Waals surface area contributed by atoms with Gasteiger partial charge in [0.2, 0.25) is 0 Å². The molecule has 4 N–H and O–H groups in total. The maximum absolute atomic E-state index is 12.2. The molecule has 1 aromatic carbocycles. The van der Waals surface area contributed by atoms with E-state index in [1.54, 1.807) is 12.1 Å². The van der Waals surface area contributed by atoms with Crippen LogP contribution in [0.5, 0.6) is 0 Å². The summed E-state index contributed by atoms with van der Waals surface area (Å²) in [6, 6.07) is 5.66. The number of nitrogens with zero attached hydrogens (tertiary/aromatic N) is 2. The average Bonchev–Trinajstić information content (AvgIpc) is 2.97. The highest BCUT2D eigenvalue weighted by Crippen LogP contribution is 2.27. The van der Waals surface area contributed by atoms with E-state index in [0.717, 1.165) is 5.56 Å². The number of benzene rings is 1. The van der Waals surface area contributed by atoms with E-state index in [-0.39, 0.29) is 25.2 Å². The Morgan fingerprint density at radius 1 is 1.33 bits per heavy atom. The number of anilines is 1. The summed E-state index contributed by atoms with van der Waals surface area (Å²) < 4.78 is 12.2. The number of hydrogen-bond acceptors (Lipinski definition) is 5. The molecule has 0 spiro atoms. The van der Waals surface area contributed by atoms with Crippen LogP contribution in [-0.4, -0.2) is 46.6 Å². The molecule has 0 bridgehead atoms. The Kier molecular flexibility index (Phi) is 5.86. The van der Waals surface area contributed by atoms with Crippen LogP contribution in [0, 0.1) is 0 Å². The summed E-state index contributed by atoms with van der Waals surface area (Å²) in [6.45, 7) is -0.380. The first-order chi connectivity index (χ1) is 11.4. The molecule has 1 aliphatic rings. The van der Waals surface area contributed by atoms with Crippen LogP contribution in [0.25, 0.3) is 0 Å². The molecule has 2 atom stereocenters. The first kappa shape index (κ1) is 17.9. The number of hydrazone groups is 1. The highest BCUT2D eigenvalue weighted by Gasteiger charge is 2.33. The molecule has 0 aliphatic carbocycles. The normalized spacial score (nSPS) is 18.3. The lowest BCUT2D eigenvalue weighted by Crippen LogP contribution is -2.38. The minimum absolute atomic E-state index is 0.0286. The summed E-state index contributed by atoms with van der Waals surface area (Å²) in [4.78, 5) is 22.1. The molecule has 0 aromatic heterocycles. The lowest BCUT2D eigenvalue weighted by molar-refractivity contribution is -0.138. The van der Waals surface area contributed by atoms with E-state index in [2.05, 4.69) is 5.10 Å². The minimum Gasteiger partial charge on any atom is -0.480 e. The second-order valence-electron chi connectivity index (χ2n) is 5.69. The highest BCUT2D eigenvalue weighted by molar-refractivity contribution is 6.36. The third-order valence-electron chi connectivity index (χ3n) is 3.89. The number of nitrogens with two attached hydrogens (primary N) is 1. The molecule has 7 nitrogen and oxygen atoms in total. The summed E-state index contributed by atoms with van der Waals surface area (Å²) in [5.41, 5.74) is 7.17. The van der Waals surface area contributed by atoms with Crippen molar-refractivity contribution in [3.05, 3.63) is 29.8 Å². The van der Waals surface area contributed by atoms with E-state index < -0.39 is 24.0 Å². The van der Waals surface area contributed by atoms with E-state index in [1.165, 1.54) is 5.01 Å². The van der Waals surface area contributed by atoms with Gasteiger partial charge in [-0.1, -0.05) is 12.1 Å². The molecular weight excluding hydrogens is 317 g/mol. The molecule has 8 heteroatoms. The Morgan fingerprint density at radius 2 is 2.00 bits per heavy atom. The van der Waals surface area contributed by atoms with Gasteiger partial charge in [-0.25, -0.2) is 4.79 Å². The second-order valence-corrected chi connectivity index (χ2v) is 5.69. The topological polar surface area (TPSA) is 116 Å². The number of alkyl halides is 1. The van der Waals surface area contributed by atoms with E-state index in [0.29, 0.717) is 18.5 Å². The second kappa shape index (κ2) is 7.87. The highest BCUT2D eigenvalue weighted by atomic mass is 19.1. The van der Waals surface area contributed by atoms with Crippen molar-refractivity contribution in [2.75, 3.05) is 11.7 Å². The lowest BCUT2D eigenvalue weighted by Gasteiger charge is -2.25. The summed E-state index contributed by atoms with van der Waals surface area (Å²) >= 11 is 0. The van der Waals surface area contributed by atoms with Crippen molar-refractivity contribution in [3.8, 4) is 0 Å². The third kappa shape index (κ3) is 4.29. The van der Waals surface area contributed by atoms with Crippen molar-refractivity contribution >= 4 is 23.3 Å². The van der Waals surface area contributed by atoms with Gasteiger partial charge < -0.3 is 15.9 Å². The van der Waals surface area contributed by atoms with Crippen LogP contribution in [0.3, 0.4) is 0 Å². The molecule has 2 rings (SSSR count). The number of halogens is 1. The van der Waals surface area contributed by atoms with Crippen molar-refractivity contribution in [2.24, 2.45) is 10.8 Å². The number of rotatable bonds is 8. The Bertz CT molecular complexity index is 633. The quantitative estimate of drug-likeness (QED) is 0.660. The van der Waals surface area contributed by atoms with Crippen LogP contribution in [0.1, 0.15) is 24.8 Å². The predicted octanol–water partition coefficient (Wildman–Crippen LogP) is 1.41. The summed E-state index contributed by atoms with van der Waals surface area (Å²) in [5, 5.41) is 23.7. The van der Waals surface area contributed by atoms with Gasteiger partial charge in [0.1, 0.15) is 11.8 Å². The SMILES string of the molecule is N[C@H](C[C@H]1CC(C(=O)O)=NN1c1ccc(CCCF)cc1)C(=O)O. The van der Waals surface area contributed by atoms with Gasteiger partial charge in [0.25, 0.3) is 0 Å². The zero-order chi connectivity index (χ0) is 17.7. The Balaban J connectivity index is 2.18. The van der Waals surface area contributed by atoms with Gasteiger partial charge in [0, 0.05) is 6.42 Å². The molecule has 0 radical (unpaired) electrons.